The van der Waals surface area contributed by atoms with Gasteiger partial charge in [0, 0.05) is 5.70 Å². The van der Waals surface area contributed by atoms with Crippen LogP contribution in [0, 0.1) is 11.7 Å². The number of carbonyl (C=O) groups is 2. The van der Waals surface area contributed by atoms with Gasteiger partial charge in [0.15, 0.2) is 0 Å². The third-order valence-corrected chi connectivity index (χ3v) is 3.92. The van der Waals surface area contributed by atoms with Gasteiger partial charge < -0.3 is 15.4 Å². The molecule has 0 spiro atoms. The Balaban J connectivity index is 2.37. The van der Waals surface area contributed by atoms with Crippen LogP contribution in [0.4, 0.5) is 9.18 Å². The van der Waals surface area contributed by atoms with Crippen LogP contribution in [0.2, 0.25) is 0 Å². The van der Waals surface area contributed by atoms with Crippen molar-refractivity contribution >= 4 is 27.9 Å². The number of urea groups is 1. The van der Waals surface area contributed by atoms with Crippen molar-refractivity contribution in [1.82, 2.24) is 10.6 Å². The summed E-state index contributed by atoms with van der Waals surface area (Å²) in [6.07, 6.45) is 0. The normalized spacial score (nSPS) is 17.8. The van der Waals surface area contributed by atoms with E-state index in [4.69, 9.17) is 4.74 Å². The Morgan fingerprint density at radius 3 is 2.74 bits per heavy atom. The molecule has 5 nitrogen and oxygen atoms in total. The maximum absolute atomic E-state index is 13.4. The molecule has 0 fully saturated rings. The molecule has 1 aromatic rings. The van der Waals surface area contributed by atoms with E-state index in [2.05, 4.69) is 26.6 Å². The average molecular weight is 385 g/mol. The third-order valence-electron chi connectivity index (χ3n) is 3.31. The van der Waals surface area contributed by atoms with E-state index in [1.807, 2.05) is 13.8 Å². The zero-order chi connectivity index (χ0) is 17.1. The summed E-state index contributed by atoms with van der Waals surface area (Å²) in [5.41, 5.74) is 1.32. The molecule has 1 atom stereocenters. The highest BCUT2D eigenvalue weighted by atomic mass is 79.9. The number of hydrogen-bond donors (Lipinski definition) is 2. The Morgan fingerprint density at radius 2 is 2.13 bits per heavy atom. The first-order valence-electron chi connectivity index (χ1n) is 7.20. The lowest BCUT2D eigenvalue weighted by Crippen LogP contribution is -2.45. The van der Waals surface area contributed by atoms with Crippen molar-refractivity contribution in [2.75, 3.05) is 6.61 Å². The number of esters is 1. The van der Waals surface area contributed by atoms with E-state index in [9.17, 15) is 14.0 Å². The van der Waals surface area contributed by atoms with Crippen molar-refractivity contribution in [3.63, 3.8) is 0 Å². The number of hydrogen-bond acceptors (Lipinski definition) is 3. The van der Waals surface area contributed by atoms with Crippen LogP contribution < -0.4 is 10.6 Å². The van der Waals surface area contributed by atoms with Gasteiger partial charge in [-0.2, -0.15) is 0 Å². The molecule has 2 N–H and O–H groups in total. The highest BCUT2D eigenvalue weighted by Gasteiger charge is 2.32. The topological polar surface area (TPSA) is 67.4 Å². The Morgan fingerprint density at radius 1 is 1.43 bits per heavy atom. The molecule has 1 aromatic carbocycles. The minimum absolute atomic E-state index is 0.199. The van der Waals surface area contributed by atoms with Crippen molar-refractivity contribution in [2.45, 2.75) is 26.8 Å². The number of allylic oxidation sites excluding steroid dienone is 1. The second kappa shape index (κ2) is 7.12. The molecule has 1 aliphatic rings. The van der Waals surface area contributed by atoms with Crippen molar-refractivity contribution in [2.24, 2.45) is 5.92 Å². The summed E-state index contributed by atoms with van der Waals surface area (Å²) in [4.78, 5) is 24.1. The van der Waals surface area contributed by atoms with Crippen LogP contribution in [0.3, 0.4) is 0 Å². The van der Waals surface area contributed by atoms with E-state index in [0.29, 0.717) is 16.8 Å². The van der Waals surface area contributed by atoms with Crippen LogP contribution in [0.15, 0.2) is 33.9 Å². The predicted molar refractivity (Wildman–Crippen MR) is 87.0 cm³/mol. The van der Waals surface area contributed by atoms with Gasteiger partial charge in [-0.05, 0) is 46.5 Å². The maximum atomic E-state index is 13.4. The van der Waals surface area contributed by atoms with Gasteiger partial charge >= 0.3 is 12.0 Å². The van der Waals surface area contributed by atoms with Gasteiger partial charge in [0.05, 0.1) is 22.7 Å². The van der Waals surface area contributed by atoms with E-state index < -0.39 is 23.9 Å². The van der Waals surface area contributed by atoms with Crippen LogP contribution in [-0.4, -0.2) is 18.6 Å². The van der Waals surface area contributed by atoms with E-state index in [0.717, 1.165) is 0 Å². The van der Waals surface area contributed by atoms with Crippen molar-refractivity contribution in [3.8, 4) is 0 Å². The molecule has 0 aliphatic carbocycles. The van der Waals surface area contributed by atoms with Gasteiger partial charge in [0.2, 0.25) is 0 Å². The minimum atomic E-state index is -0.694. The monoisotopic (exact) mass is 384 g/mol. The molecule has 2 amide bonds. The van der Waals surface area contributed by atoms with Crippen LogP contribution >= 0.6 is 15.9 Å². The summed E-state index contributed by atoms with van der Waals surface area (Å²) >= 11 is 3.11. The lowest BCUT2D eigenvalue weighted by Gasteiger charge is -2.28. The maximum Gasteiger partial charge on any atom is 0.338 e. The fraction of sp³-hybridized carbons (Fsp3) is 0.375. The number of nitrogens with one attached hydrogen (secondary N) is 2. The van der Waals surface area contributed by atoms with E-state index in [-0.39, 0.29) is 17.0 Å². The number of rotatable bonds is 4. The zero-order valence-electron chi connectivity index (χ0n) is 13.1. The summed E-state index contributed by atoms with van der Waals surface area (Å²) in [5.74, 6) is -0.725. The average Bonchev–Trinajstić information content (AvgIpc) is 2.46. The smallest absolute Gasteiger partial charge is 0.338 e. The van der Waals surface area contributed by atoms with Crippen LogP contribution in [0.5, 0.6) is 0 Å². The van der Waals surface area contributed by atoms with Crippen LogP contribution in [-0.2, 0) is 9.53 Å². The fourth-order valence-corrected chi connectivity index (χ4v) is 2.62. The third kappa shape index (κ3) is 4.10. The van der Waals surface area contributed by atoms with Gasteiger partial charge in [0.25, 0.3) is 0 Å². The number of halogens is 2. The lowest BCUT2D eigenvalue weighted by molar-refractivity contribution is -0.140. The molecule has 0 saturated carbocycles. The number of ether oxygens (including phenoxy) is 1. The zero-order valence-corrected chi connectivity index (χ0v) is 14.7. The lowest BCUT2D eigenvalue weighted by atomic mass is 9.95. The van der Waals surface area contributed by atoms with E-state index >= 15 is 0 Å². The Hall–Kier alpha value is -1.89. The molecule has 0 radical (unpaired) electrons. The molecular formula is C16H18BrFN2O3. The van der Waals surface area contributed by atoms with Gasteiger partial charge in [-0.3, -0.25) is 0 Å². The number of benzene rings is 1. The molecule has 23 heavy (non-hydrogen) atoms. The fourth-order valence-electron chi connectivity index (χ4n) is 2.23. The van der Waals surface area contributed by atoms with Gasteiger partial charge in [0.1, 0.15) is 5.82 Å². The first-order valence-corrected chi connectivity index (χ1v) is 7.99. The summed E-state index contributed by atoms with van der Waals surface area (Å²) in [6, 6.07) is 3.22. The molecule has 7 heteroatoms. The van der Waals surface area contributed by atoms with Crippen LogP contribution in [0.25, 0.3) is 0 Å². The Kier molecular flexibility index (Phi) is 5.41. The molecule has 0 unspecified atom stereocenters. The standard InChI is InChI=1S/C16H18BrFN2O3/c1-8(2)7-23-15(21)13-9(3)19-16(22)20-14(13)10-4-5-12(18)11(17)6-10/h4-6,8,14H,7H2,1-3H3,(H2,19,20,22)/t14-/m0/s1. The Labute approximate surface area is 142 Å². The molecule has 1 aliphatic heterocycles. The van der Waals surface area contributed by atoms with Gasteiger partial charge in [-0.1, -0.05) is 19.9 Å². The molecule has 2 rings (SSSR count). The SMILES string of the molecule is CC1=C(C(=O)OCC(C)C)[C@H](c2ccc(F)c(Br)c2)NC(=O)N1. The van der Waals surface area contributed by atoms with Crippen molar-refractivity contribution in [1.29, 1.82) is 0 Å². The summed E-state index contributed by atoms with van der Waals surface area (Å²) in [5, 5.41) is 5.24. The molecular weight excluding hydrogens is 367 g/mol. The number of carbonyl (C=O) groups excluding carboxylic acids is 2. The van der Waals surface area contributed by atoms with Gasteiger partial charge in [-0.15, -0.1) is 0 Å². The molecule has 0 aromatic heterocycles. The second-order valence-electron chi connectivity index (χ2n) is 5.74. The van der Waals surface area contributed by atoms with Crippen molar-refractivity contribution < 1.29 is 18.7 Å². The highest BCUT2D eigenvalue weighted by molar-refractivity contribution is 9.10. The predicted octanol–water partition coefficient (Wildman–Crippen LogP) is 3.42. The molecule has 0 saturated heterocycles. The quantitative estimate of drug-likeness (QED) is 0.781. The molecule has 124 valence electrons. The van der Waals surface area contributed by atoms with Gasteiger partial charge in [-0.25, -0.2) is 14.0 Å². The molecule has 1 heterocycles. The van der Waals surface area contributed by atoms with E-state index in [1.165, 1.54) is 18.2 Å². The van der Waals surface area contributed by atoms with Crippen LogP contribution in [0.1, 0.15) is 32.4 Å². The molecule has 0 bridgehead atoms. The summed E-state index contributed by atoms with van der Waals surface area (Å²) in [6.45, 7) is 5.79. The van der Waals surface area contributed by atoms with Crippen molar-refractivity contribution in [3.05, 3.63) is 45.3 Å². The van der Waals surface area contributed by atoms with E-state index in [1.54, 1.807) is 6.92 Å². The summed E-state index contributed by atoms with van der Waals surface area (Å²) < 4.78 is 19.0. The number of amides is 2. The second-order valence-corrected chi connectivity index (χ2v) is 6.59. The largest absolute Gasteiger partial charge is 0.462 e. The highest BCUT2D eigenvalue weighted by Crippen LogP contribution is 2.30. The summed E-state index contributed by atoms with van der Waals surface area (Å²) in [7, 11) is 0. The first kappa shape index (κ1) is 17.5. The first-order chi connectivity index (χ1) is 10.8. The Bertz CT molecular complexity index is 673. The minimum Gasteiger partial charge on any atom is -0.462 e.